The summed E-state index contributed by atoms with van der Waals surface area (Å²) in [6.07, 6.45) is 1.22. The molecular formula is C52H93N3O13. The summed E-state index contributed by atoms with van der Waals surface area (Å²) in [4.78, 5) is 43.2. The molecule has 6 N–H and O–H groups in total. The second-order valence-electron chi connectivity index (χ2n) is 25.2. The molecule has 5 aliphatic heterocycles. The number of nitrogens with two attached hydrogens (primary N) is 3. The van der Waals surface area contributed by atoms with Gasteiger partial charge < -0.3 is 64.6 Å². The Bertz CT molecular complexity index is 1630. The third kappa shape index (κ3) is 13.5. The van der Waals surface area contributed by atoms with Crippen LogP contribution in [-0.4, -0.2) is 115 Å². The summed E-state index contributed by atoms with van der Waals surface area (Å²) in [6, 6.07) is 0. The van der Waals surface area contributed by atoms with Crippen molar-refractivity contribution in [2.75, 3.05) is 66.1 Å². The first kappa shape index (κ1) is 56.9. The van der Waals surface area contributed by atoms with Crippen LogP contribution in [0.25, 0.3) is 0 Å². The Morgan fingerprint density at radius 1 is 0.397 bits per heavy atom. The molecule has 5 fully saturated rings. The zero-order valence-corrected chi connectivity index (χ0v) is 44.2. The van der Waals surface area contributed by atoms with Gasteiger partial charge in [-0.25, -0.2) is 0 Å². The lowest BCUT2D eigenvalue weighted by molar-refractivity contribution is -0.158. The minimum atomic E-state index is -1.43. The molecule has 5 aliphatic rings. The van der Waals surface area contributed by atoms with Gasteiger partial charge in [0.1, 0.15) is 0 Å². The van der Waals surface area contributed by atoms with Crippen LogP contribution < -0.4 is 17.2 Å². The van der Waals surface area contributed by atoms with E-state index in [1.165, 1.54) is 0 Å². The molecule has 8 unspecified atom stereocenters. The molecule has 5 heterocycles. The summed E-state index contributed by atoms with van der Waals surface area (Å²) in [7, 11) is 0. The number of hydrogen-bond acceptors (Lipinski definition) is 13. The molecule has 16 heteroatoms. The highest BCUT2D eigenvalue weighted by Gasteiger charge is 2.58. The van der Waals surface area contributed by atoms with Crippen LogP contribution in [0.3, 0.4) is 0 Å². The lowest BCUT2D eigenvalue weighted by atomic mass is 9.51. The van der Waals surface area contributed by atoms with Crippen LogP contribution in [-0.2, 0) is 61.8 Å². The number of primary amides is 3. The summed E-state index contributed by atoms with van der Waals surface area (Å²) < 4.78 is 61.7. The van der Waals surface area contributed by atoms with E-state index in [1.54, 1.807) is 6.92 Å². The fraction of sp³-hybridized carbons (Fsp3) is 0.942. The zero-order valence-electron chi connectivity index (χ0n) is 44.2. The maximum Gasteiger partial charge on any atom is 0.224 e. The molecule has 0 radical (unpaired) electrons. The van der Waals surface area contributed by atoms with E-state index in [4.69, 9.17) is 64.6 Å². The Morgan fingerprint density at radius 2 is 0.662 bits per heavy atom. The van der Waals surface area contributed by atoms with E-state index in [1.807, 2.05) is 41.5 Å². The molecule has 0 aromatic heterocycles. The second kappa shape index (κ2) is 22.8. The lowest BCUT2D eigenvalue weighted by Crippen LogP contribution is -2.56. The van der Waals surface area contributed by atoms with Gasteiger partial charge in [-0.1, -0.05) is 90.0 Å². The predicted molar refractivity (Wildman–Crippen MR) is 256 cm³/mol. The SMILES string of the molecule is CC(CC(CCC(CC(CC(C1OCCO1)C(C)(C)C)C1OCCO1)C1OCCO1)(C(N)=O)C(C)(C)C)(CC(CCC(CC(C1OCCO1)C(C)(C)C)C1OCCO1)(C(N)=O)C(C)(C)C)C(N)=O. The molecule has 68 heavy (non-hydrogen) atoms. The Morgan fingerprint density at radius 3 is 0.926 bits per heavy atom. The van der Waals surface area contributed by atoms with E-state index in [-0.39, 0.29) is 72.3 Å². The Hall–Kier alpha value is -1.99. The molecule has 8 atom stereocenters. The molecule has 394 valence electrons. The first-order chi connectivity index (χ1) is 31.5. The first-order valence-electron chi connectivity index (χ1n) is 25.6. The number of carbonyl (C=O) groups is 3. The minimum absolute atomic E-state index is 0.00753. The molecule has 0 saturated carbocycles. The summed E-state index contributed by atoms with van der Waals surface area (Å²) in [5.74, 6) is -2.17. The number of carbonyl (C=O) groups excluding carboxylic acids is 3. The molecular weight excluding hydrogens is 875 g/mol. The molecule has 0 aromatic carbocycles. The van der Waals surface area contributed by atoms with Gasteiger partial charge in [-0.05, 0) is 79.4 Å². The van der Waals surface area contributed by atoms with Crippen molar-refractivity contribution in [2.24, 2.45) is 84.7 Å². The van der Waals surface area contributed by atoms with Gasteiger partial charge in [0.15, 0.2) is 31.5 Å². The third-order valence-corrected chi connectivity index (χ3v) is 16.7. The smallest absolute Gasteiger partial charge is 0.224 e. The fourth-order valence-electron chi connectivity index (χ4n) is 12.0. The summed E-state index contributed by atoms with van der Waals surface area (Å²) in [5.41, 5.74) is 13.9. The normalized spacial score (nSPS) is 25.2. The van der Waals surface area contributed by atoms with Gasteiger partial charge in [0.2, 0.25) is 17.7 Å². The zero-order chi connectivity index (χ0) is 50.5. The number of rotatable bonds is 24. The fourth-order valence-corrected chi connectivity index (χ4v) is 12.0. The van der Waals surface area contributed by atoms with Crippen molar-refractivity contribution in [1.82, 2.24) is 0 Å². The monoisotopic (exact) mass is 968 g/mol. The lowest BCUT2D eigenvalue weighted by Gasteiger charge is -2.52. The quantitative estimate of drug-likeness (QED) is 0.0883. The van der Waals surface area contributed by atoms with Gasteiger partial charge in [-0.15, -0.1) is 0 Å². The van der Waals surface area contributed by atoms with E-state index in [9.17, 15) is 14.4 Å². The highest BCUT2D eigenvalue weighted by Crippen LogP contribution is 2.58. The van der Waals surface area contributed by atoms with Crippen LogP contribution in [0.5, 0.6) is 0 Å². The van der Waals surface area contributed by atoms with Crippen molar-refractivity contribution in [3.05, 3.63) is 0 Å². The van der Waals surface area contributed by atoms with Crippen molar-refractivity contribution < 1.29 is 61.8 Å². The van der Waals surface area contributed by atoms with Crippen molar-refractivity contribution in [3.63, 3.8) is 0 Å². The van der Waals surface area contributed by atoms with Gasteiger partial charge in [0.05, 0.1) is 76.9 Å². The van der Waals surface area contributed by atoms with E-state index >= 15 is 0 Å². The summed E-state index contributed by atoms with van der Waals surface area (Å²) >= 11 is 0. The van der Waals surface area contributed by atoms with Crippen LogP contribution in [0.4, 0.5) is 0 Å². The second-order valence-corrected chi connectivity index (χ2v) is 25.2. The molecule has 3 amide bonds. The van der Waals surface area contributed by atoms with Crippen molar-refractivity contribution >= 4 is 17.7 Å². The Balaban J connectivity index is 1.49. The van der Waals surface area contributed by atoms with Crippen molar-refractivity contribution in [3.8, 4) is 0 Å². The van der Waals surface area contributed by atoms with Crippen LogP contribution in [0.2, 0.25) is 0 Å². The van der Waals surface area contributed by atoms with E-state index in [2.05, 4.69) is 41.5 Å². The standard InChI is InChI=1S/C52H93N3O13/c1-46(2,3)36(41-65-24-25-66-41)29-34(39-61-20-21-62-39)15-17-52(45(55)58,49(10,11)12)32-50(13,43(53)56)31-51(44(54)57,48(7,8)9)16-14-33(38-59-18-19-60-38)28-35(40-63-22-23-64-40)30-37(47(4,5)6)42-67-26-27-68-42/h33-42H,14-32H2,1-13H3,(H2,53,56)(H2,54,57)(H2,55,58). The number of amides is 3. The van der Waals surface area contributed by atoms with Crippen molar-refractivity contribution in [2.45, 2.75) is 179 Å². The number of hydrogen-bond donors (Lipinski definition) is 3. The molecule has 0 aromatic rings. The Labute approximate surface area is 408 Å². The number of ether oxygens (including phenoxy) is 10. The molecule has 16 nitrogen and oxygen atoms in total. The largest absolute Gasteiger partial charge is 0.369 e. The van der Waals surface area contributed by atoms with Crippen LogP contribution in [0, 0.1) is 67.5 Å². The summed E-state index contributed by atoms with van der Waals surface area (Å²) in [5, 5.41) is 0. The molecule has 5 saturated heterocycles. The predicted octanol–water partition coefficient (Wildman–Crippen LogP) is 7.06. The molecule has 0 spiro atoms. The maximum atomic E-state index is 14.5. The van der Waals surface area contributed by atoms with Gasteiger partial charge in [-0.2, -0.15) is 0 Å². The van der Waals surface area contributed by atoms with Gasteiger partial charge >= 0.3 is 0 Å². The van der Waals surface area contributed by atoms with E-state index < -0.39 is 63.7 Å². The van der Waals surface area contributed by atoms with Crippen LogP contribution in [0.1, 0.15) is 148 Å². The van der Waals surface area contributed by atoms with Gasteiger partial charge in [0, 0.05) is 35.0 Å². The van der Waals surface area contributed by atoms with Gasteiger partial charge in [0.25, 0.3) is 0 Å². The van der Waals surface area contributed by atoms with Gasteiger partial charge in [-0.3, -0.25) is 14.4 Å². The highest BCUT2D eigenvalue weighted by atomic mass is 16.7. The minimum Gasteiger partial charge on any atom is -0.369 e. The highest BCUT2D eigenvalue weighted by molar-refractivity contribution is 5.87. The van der Waals surface area contributed by atoms with Crippen LogP contribution >= 0.6 is 0 Å². The third-order valence-electron chi connectivity index (χ3n) is 16.7. The average Bonchev–Trinajstić information content (AvgIpc) is 4.07. The van der Waals surface area contributed by atoms with E-state index in [0.29, 0.717) is 105 Å². The van der Waals surface area contributed by atoms with E-state index in [0.717, 1.165) is 0 Å². The molecule has 0 aliphatic carbocycles. The topological polar surface area (TPSA) is 222 Å². The first-order valence-corrected chi connectivity index (χ1v) is 25.6. The molecule has 5 rings (SSSR count). The van der Waals surface area contributed by atoms with Crippen molar-refractivity contribution in [1.29, 1.82) is 0 Å². The average molecular weight is 968 g/mol. The maximum absolute atomic E-state index is 14.5. The summed E-state index contributed by atoms with van der Waals surface area (Å²) in [6.45, 7) is 31.7. The van der Waals surface area contributed by atoms with Crippen LogP contribution in [0.15, 0.2) is 0 Å². The molecule has 0 bridgehead atoms. The Kier molecular flexibility index (Phi) is 19.1.